The van der Waals surface area contributed by atoms with Gasteiger partial charge >= 0.3 is 0 Å². The average molecular weight is 229 g/mol. The Balaban J connectivity index is 2.44. The van der Waals surface area contributed by atoms with E-state index >= 15 is 0 Å². The number of nitrogens with two attached hydrogens (primary N) is 1. The molecule has 86 valence electrons. The molecule has 0 saturated heterocycles. The van der Waals surface area contributed by atoms with Crippen LogP contribution in [-0.2, 0) is 0 Å². The van der Waals surface area contributed by atoms with Crippen LogP contribution in [0.2, 0.25) is 0 Å². The lowest BCUT2D eigenvalue weighted by Gasteiger charge is -2.05. The fourth-order valence-electron chi connectivity index (χ4n) is 1.59. The topological polar surface area (TPSA) is 43.1 Å². The lowest BCUT2D eigenvalue weighted by Crippen LogP contribution is -2.05. The van der Waals surface area contributed by atoms with Crippen molar-refractivity contribution in [3.63, 3.8) is 0 Å². The lowest BCUT2D eigenvalue weighted by atomic mass is 10.0. The molecule has 0 amide bonds. The zero-order valence-electron chi connectivity index (χ0n) is 9.41. The predicted octanol–water partition coefficient (Wildman–Crippen LogP) is 2.95. The van der Waals surface area contributed by atoms with Crippen molar-refractivity contribution in [3.8, 4) is 0 Å². The van der Waals surface area contributed by atoms with Crippen LogP contribution in [0.4, 0.5) is 10.1 Å². The van der Waals surface area contributed by atoms with Crippen molar-refractivity contribution in [1.82, 2.24) is 0 Å². The van der Waals surface area contributed by atoms with Gasteiger partial charge in [0.1, 0.15) is 5.82 Å². The predicted molar refractivity (Wildman–Crippen MR) is 65.4 cm³/mol. The van der Waals surface area contributed by atoms with E-state index in [1.807, 2.05) is 0 Å². The van der Waals surface area contributed by atoms with Gasteiger partial charge in [0.25, 0.3) is 0 Å². The summed E-state index contributed by atoms with van der Waals surface area (Å²) in [6.07, 6.45) is 0. The first-order chi connectivity index (χ1) is 8.09. The number of halogens is 1. The molecule has 2 nitrogen and oxygen atoms in total. The molecule has 0 aromatic heterocycles. The van der Waals surface area contributed by atoms with Crippen LogP contribution in [-0.4, -0.2) is 5.78 Å². The number of carbonyl (C=O) groups is 1. The van der Waals surface area contributed by atoms with Gasteiger partial charge < -0.3 is 5.73 Å². The first kappa shape index (κ1) is 11.3. The lowest BCUT2D eigenvalue weighted by molar-refractivity contribution is 0.103. The normalized spacial score (nSPS) is 10.2. The molecule has 17 heavy (non-hydrogen) atoms. The van der Waals surface area contributed by atoms with Crippen LogP contribution in [0.25, 0.3) is 0 Å². The number of rotatable bonds is 2. The highest BCUT2D eigenvalue weighted by Gasteiger charge is 2.12. The monoisotopic (exact) mass is 229 g/mol. The van der Waals surface area contributed by atoms with Gasteiger partial charge in [-0.3, -0.25) is 4.79 Å². The quantitative estimate of drug-likeness (QED) is 0.635. The molecule has 2 aromatic carbocycles. The van der Waals surface area contributed by atoms with Crippen LogP contribution in [0.3, 0.4) is 0 Å². The summed E-state index contributed by atoms with van der Waals surface area (Å²) in [7, 11) is 0. The molecule has 0 aliphatic carbocycles. The molecule has 0 atom stereocenters. The van der Waals surface area contributed by atoms with Gasteiger partial charge in [-0.25, -0.2) is 4.39 Å². The molecular formula is C14H12FNO. The van der Waals surface area contributed by atoms with Crippen LogP contribution in [0.5, 0.6) is 0 Å². The summed E-state index contributed by atoms with van der Waals surface area (Å²) in [6.45, 7) is 1.65. The number of hydrogen-bond acceptors (Lipinski definition) is 2. The van der Waals surface area contributed by atoms with Gasteiger partial charge in [-0.1, -0.05) is 24.3 Å². The summed E-state index contributed by atoms with van der Waals surface area (Å²) in [5.41, 5.74) is 7.34. The van der Waals surface area contributed by atoms with E-state index in [1.165, 1.54) is 6.07 Å². The van der Waals surface area contributed by atoms with Crippen molar-refractivity contribution < 1.29 is 9.18 Å². The molecule has 2 N–H and O–H groups in total. The van der Waals surface area contributed by atoms with Crippen molar-refractivity contribution in [3.05, 3.63) is 65.0 Å². The Bertz CT molecular complexity index is 578. The Hall–Kier alpha value is -2.16. The first-order valence-corrected chi connectivity index (χ1v) is 5.25. The Morgan fingerprint density at radius 1 is 1.18 bits per heavy atom. The number of nitrogen functional groups attached to an aromatic ring is 1. The third-order valence-electron chi connectivity index (χ3n) is 2.64. The van der Waals surface area contributed by atoms with E-state index in [0.29, 0.717) is 22.4 Å². The number of carbonyl (C=O) groups excluding carboxylic acids is 1. The highest BCUT2D eigenvalue weighted by Crippen LogP contribution is 2.18. The van der Waals surface area contributed by atoms with E-state index in [9.17, 15) is 9.18 Å². The molecule has 0 unspecified atom stereocenters. The van der Waals surface area contributed by atoms with Gasteiger partial charge in [0.15, 0.2) is 5.78 Å². The molecule has 3 heteroatoms. The Labute approximate surface area is 98.9 Å². The van der Waals surface area contributed by atoms with E-state index in [2.05, 4.69) is 0 Å². The second kappa shape index (κ2) is 4.37. The van der Waals surface area contributed by atoms with Crippen LogP contribution in [0, 0.1) is 12.7 Å². The summed E-state index contributed by atoms with van der Waals surface area (Å²) in [4.78, 5) is 12.1. The average Bonchev–Trinajstić information content (AvgIpc) is 2.32. The molecule has 0 spiro atoms. The van der Waals surface area contributed by atoms with E-state index in [-0.39, 0.29) is 11.6 Å². The Morgan fingerprint density at radius 3 is 2.53 bits per heavy atom. The fraction of sp³-hybridized carbons (Fsp3) is 0.0714. The smallest absolute Gasteiger partial charge is 0.195 e. The second-order valence-electron chi connectivity index (χ2n) is 3.88. The van der Waals surface area contributed by atoms with Crippen molar-refractivity contribution >= 4 is 11.5 Å². The zero-order valence-corrected chi connectivity index (χ0v) is 9.41. The molecule has 0 radical (unpaired) electrons. The zero-order chi connectivity index (χ0) is 12.4. The minimum atomic E-state index is -0.384. The third kappa shape index (κ3) is 2.18. The largest absolute Gasteiger partial charge is 0.398 e. The summed E-state index contributed by atoms with van der Waals surface area (Å²) in [5, 5.41) is 0. The number of para-hydroxylation sites is 1. The van der Waals surface area contributed by atoms with Crippen LogP contribution in [0.1, 0.15) is 21.5 Å². The maximum Gasteiger partial charge on any atom is 0.195 e. The van der Waals surface area contributed by atoms with Gasteiger partial charge in [-0.2, -0.15) is 0 Å². The molecule has 0 bridgehead atoms. The molecule has 2 aromatic rings. The Kier molecular flexibility index (Phi) is 2.91. The maximum absolute atomic E-state index is 13.4. The second-order valence-corrected chi connectivity index (χ2v) is 3.88. The number of anilines is 1. The van der Waals surface area contributed by atoms with Crippen LogP contribution < -0.4 is 5.73 Å². The summed E-state index contributed by atoms with van der Waals surface area (Å²) < 4.78 is 13.4. The van der Waals surface area contributed by atoms with Gasteiger partial charge in [0, 0.05) is 16.8 Å². The van der Waals surface area contributed by atoms with Crippen LogP contribution >= 0.6 is 0 Å². The van der Waals surface area contributed by atoms with E-state index in [0.717, 1.165) is 0 Å². The standard InChI is InChI=1S/C14H12FNO/c1-9-6-7-10(8-12(9)15)14(17)11-4-2-3-5-13(11)16/h2-8H,16H2,1H3. The summed E-state index contributed by atoms with van der Waals surface area (Å²) in [5.74, 6) is -0.646. The van der Waals surface area contributed by atoms with Gasteiger partial charge in [-0.05, 0) is 30.7 Å². The molecular weight excluding hydrogens is 217 g/mol. The molecule has 0 heterocycles. The molecule has 0 aliphatic heterocycles. The summed E-state index contributed by atoms with van der Waals surface area (Å²) >= 11 is 0. The molecule has 0 fully saturated rings. The third-order valence-corrected chi connectivity index (χ3v) is 2.64. The molecule has 0 aliphatic rings. The minimum absolute atomic E-state index is 0.262. The number of benzene rings is 2. The number of hydrogen-bond donors (Lipinski definition) is 1. The fourth-order valence-corrected chi connectivity index (χ4v) is 1.59. The molecule has 0 saturated carbocycles. The van der Waals surface area contributed by atoms with E-state index in [4.69, 9.17) is 5.73 Å². The van der Waals surface area contributed by atoms with Crippen molar-refractivity contribution in [2.45, 2.75) is 6.92 Å². The SMILES string of the molecule is Cc1ccc(C(=O)c2ccccc2N)cc1F. The van der Waals surface area contributed by atoms with Gasteiger partial charge in [0.2, 0.25) is 0 Å². The summed E-state index contributed by atoms with van der Waals surface area (Å²) in [6, 6.07) is 11.2. The number of aryl methyl sites for hydroxylation is 1. The minimum Gasteiger partial charge on any atom is -0.398 e. The highest BCUT2D eigenvalue weighted by atomic mass is 19.1. The van der Waals surface area contributed by atoms with Gasteiger partial charge in [-0.15, -0.1) is 0 Å². The van der Waals surface area contributed by atoms with Crippen LogP contribution in [0.15, 0.2) is 42.5 Å². The van der Waals surface area contributed by atoms with Crippen molar-refractivity contribution in [2.75, 3.05) is 5.73 Å². The molecule has 2 rings (SSSR count). The van der Waals surface area contributed by atoms with Crippen molar-refractivity contribution in [2.24, 2.45) is 0 Å². The Morgan fingerprint density at radius 2 is 1.88 bits per heavy atom. The van der Waals surface area contributed by atoms with Gasteiger partial charge in [0.05, 0.1) is 0 Å². The van der Waals surface area contributed by atoms with E-state index in [1.54, 1.807) is 43.3 Å². The van der Waals surface area contributed by atoms with E-state index < -0.39 is 0 Å². The first-order valence-electron chi connectivity index (χ1n) is 5.25. The highest BCUT2D eigenvalue weighted by molar-refractivity contribution is 6.12. The maximum atomic E-state index is 13.4. The number of ketones is 1. The van der Waals surface area contributed by atoms with Crippen molar-refractivity contribution in [1.29, 1.82) is 0 Å².